The number of anilines is 2. The Morgan fingerprint density at radius 2 is 2.06 bits per heavy atom. The van der Waals surface area contributed by atoms with Crippen LogP contribution in [0.5, 0.6) is 0 Å². The van der Waals surface area contributed by atoms with Crippen LogP contribution >= 0.6 is 0 Å². The number of hydrogen-bond donors (Lipinski definition) is 1. The van der Waals surface area contributed by atoms with Gasteiger partial charge in [0.25, 0.3) is 0 Å². The van der Waals surface area contributed by atoms with E-state index in [0.717, 1.165) is 37.4 Å². The first-order chi connectivity index (χ1) is 8.86. The summed E-state index contributed by atoms with van der Waals surface area (Å²) in [6.07, 6.45) is 4.64. The van der Waals surface area contributed by atoms with Gasteiger partial charge in [-0.2, -0.15) is 4.98 Å². The number of nitrogens with zero attached hydrogens (tertiary/aromatic N) is 4. The fourth-order valence-electron chi connectivity index (χ4n) is 2.52. The third kappa shape index (κ3) is 2.56. The lowest BCUT2D eigenvalue weighted by Gasteiger charge is -2.35. The van der Waals surface area contributed by atoms with Crippen molar-refractivity contribution in [3.8, 4) is 0 Å². The van der Waals surface area contributed by atoms with Crippen molar-refractivity contribution in [2.45, 2.75) is 25.8 Å². The molecule has 1 aromatic rings. The summed E-state index contributed by atoms with van der Waals surface area (Å²) in [7, 11) is 0. The summed E-state index contributed by atoms with van der Waals surface area (Å²) < 4.78 is 0. The molecule has 0 bridgehead atoms. The Morgan fingerprint density at radius 3 is 2.72 bits per heavy atom. The molecule has 0 amide bonds. The molecule has 1 N–H and O–H groups in total. The van der Waals surface area contributed by atoms with Gasteiger partial charge in [-0.05, 0) is 25.8 Å². The first-order valence-corrected chi connectivity index (χ1v) is 6.92. The van der Waals surface area contributed by atoms with Gasteiger partial charge in [-0.1, -0.05) is 0 Å². The van der Waals surface area contributed by atoms with Crippen LogP contribution in [0.25, 0.3) is 0 Å². The number of piperazine rings is 1. The Morgan fingerprint density at radius 1 is 1.28 bits per heavy atom. The maximum atomic E-state index is 4.56. The van der Waals surface area contributed by atoms with Crippen molar-refractivity contribution in [1.82, 2.24) is 14.9 Å². The first-order valence-electron chi connectivity index (χ1n) is 6.92. The van der Waals surface area contributed by atoms with Crippen molar-refractivity contribution in [2.24, 2.45) is 0 Å². The van der Waals surface area contributed by atoms with Gasteiger partial charge in [0, 0.05) is 45.0 Å². The maximum absolute atomic E-state index is 4.56. The Kier molecular flexibility index (Phi) is 3.32. The van der Waals surface area contributed by atoms with Crippen molar-refractivity contribution < 1.29 is 0 Å². The molecule has 0 atom stereocenters. The predicted molar refractivity (Wildman–Crippen MR) is 73.0 cm³/mol. The van der Waals surface area contributed by atoms with Crippen LogP contribution < -0.4 is 10.2 Å². The molecule has 5 nitrogen and oxygen atoms in total. The van der Waals surface area contributed by atoms with Crippen molar-refractivity contribution >= 4 is 11.8 Å². The molecule has 0 unspecified atom stereocenters. The van der Waals surface area contributed by atoms with Gasteiger partial charge < -0.3 is 10.2 Å². The predicted octanol–water partition coefficient (Wildman–Crippen LogP) is 1.19. The second-order valence-electron chi connectivity index (χ2n) is 5.02. The molecule has 2 fully saturated rings. The zero-order valence-electron chi connectivity index (χ0n) is 11.0. The van der Waals surface area contributed by atoms with E-state index in [0.29, 0.717) is 0 Å². The molecule has 1 aliphatic carbocycles. The lowest BCUT2D eigenvalue weighted by molar-refractivity contribution is 0.247. The molecule has 0 spiro atoms. The molecule has 1 saturated heterocycles. The quantitative estimate of drug-likeness (QED) is 0.866. The summed E-state index contributed by atoms with van der Waals surface area (Å²) in [6, 6.07) is 2.89. The second kappa shape index (κ2) is 5.10. The van der Waals surface area contributed by atoms with Crippen molar-refractivity contribution in [2.75, 3.05) is 42.9 Å². The normalized spacial score (nSPS) is 21.1. The molecule has 0 radical (unpaired) electrons. The highest BCUT2D eigenvalue weighted by molar-refractivity contribution is 5.42. The summed E-state index contributed by atoms with van der Waals surface area (Å²) in [5, 5.41) is 3.16. The van der Waals surface area contributed by atoms with Crippen LogP contribution in [0.1, 0.15) is 19.8 Å². The van der Waals surface area contributed by atoms with Gasteiger partial charge in [0.05, 0.1) is 0 Å². The number of nitrogens with one attached hydrogen (secondary N) is 1. The SMILES string of the molecule is CCNc1nccc(N2CCN(C3CC3)CC2)n1. The lowest BCUT2D eigenvalue weighted by Crippen LogP contribution is -2.47. The largest absolute Gasteiger partial charge is 0.354 e. The van der Waals surface area contributed by atoms with Gasteiger partial charge in [0.2, 0.25) is 5.95 Å². The van der Waals surface area contributed by atoms with E-state index >= 15 is 0 Å². The third-order valence-electron chi connectivity index (χ3n) is 3.68. The molecule has 0 aromatic carbocycles. The standard InChI is InChI=1S/C13H21N5/c1-2-14-13-15-6-5-12(16-13)18-9-7-17(8-10-18)11-3-4-11/h5-6,11H,2-4,7-10H2,1H3,(H,14,15,16). The molecular formula is C13H21N5. The molecule has 2 heterocycles. The van der Waals surface area contributed by atoms with Gasteiger partial charge >= 0.3 is 0 Å². The monoisotopic (exact) mass is 247 g/mol. The highest BCUT2D eigenvalue weighted by Gasteiger charge is 2.31. The molecule has 5 heteroatoms. The van der Waals surface area contributed by atoms with Gasteiger partial charge in [-0.15, -0.1) is 0 Å². The molecular weight excluding hydrogens is 226 g/mol. The van der Waals surface area contributed by atoms with Crippen molar-refractivity contribution in [1.29, 1.82) is 0 Å². The van der Waals surface area contributed by atoms with Crippen LogP contribution in [0.4, 0.5) is 11.8 Å². The fourth-order valence-corrected chi connectivity index (χ4v) is 2.52. The van der Waals surface area contributed by atoms with Gasteiger partial charge in [0.1, 0.15) is 5.82 Å². The lowest BCUT2D eigenvalue weighted by atomic mass is 10.3. The van der Waals surface area contributed by atoms with Crippen LogP contribution in [0.2, 0.25) is 0 Å². The summed E-state index contributed by atoms with van der Waals surface area (Å²) in [6.45, 7) is 7.43. The topological polar surface area (TPSA) is 44.3 Å². The van der Waals surface area contributed by atoms with Crippen LogP contribution in [-0.2, 0) is 0 Å². The third-order valence-corrected chi connectivity index (χ3v) is 3.68. The summed E-state index contributed by atoms with van der Waals surface area (Å²) in [5.74, 6) is 1.79. The fraction of sp³-hybridized carbons (Fsp3) is 0.692. The Hall–Kier alpha value is -1.36. The molecule has 18 heavy (non-hydrogen) atoms. The van der Waals surface area contributed by atoms with Gasteiger partial charge in [0.15, 0.2) is 0 Å². The summed E-state index contributed by atoms with van der Waals surface area (Å²) >= 11 is 0. The van der Waals surface area contributed by atoms with Gasteiger partial charge in [-0.3, -0.25) is 4.90 Å². The van der Waals surface area contributed by atoms with Crippen LogP contribution in [0.15, 0.2) is 12.3 Å². The highest BCUT2D eigenvalue weighted by atomic mass is 15.3. The van der Waals surface area contributed by atoms with E-state index in [1.165, 1.54) is 25.9 Å². The van der Waals surface area contributed by atoms with E-state index in [9.17, 15) is 0 Å². The highest BCUT2D eigenvalue weighted by Crippen LogP contribution is 2.28. The van der Waals surface area contributed by atoms with Crippen molar-refractivity contribution in [3.63, 3.8) is 0 Å². The van der Waals surface area contributed by atoms with E-state index < -0.39 is 0 Å². The zero-order chi connectivity index (χ0) is 12.4. The molecule has 1 aliphatic heterocycles. The second-order valence-corrected chi connectivity index (χ2v) is 5.02. The number of rotatable bonds is 4. The summed E-state index contributed by atoms with van der Waals surface area (Å²) in [4.78, 5) is 13.8. The van der Waals surface area contributed by atoms with E-state index in [1.54, 1.807) is 0 Å². The molecule has 3 rings (SSSR count). The van der Waals surface area contributed by atoms with Crippen LogP contribution in [-0.4, -0.2) is 53.6 Å². The van der Waals surface area contributed by atoms with E-state index in [2.05, 4.69) is 32.0 Å². The van der Waals surface area contributed by atoms with E-state index in [1.807, 2.05) is 12.3 Å². The minimum absolute atomic E-state index is 0.736. The first kappa shape index (κ1) is 11.7. The van der Waals surface area contributed by atoms with Crippen LogP contribution in [0.3, 0.4) is 0 Å². The number of aromatic nitrogens is 2. The Balaban J connectivity index is 1.62. The average molecular weight is 247 g/mol. The molecule has 98 valence electrons. The minimum Gasteiger partial charge on any atom is -0.354 e. The molecule has 1 aromatic heterocycles. The van der Waals surface area contributed by atoms with Crippen molar-refractivity contribution in [3.05, 3.63) is 12.3 Å². The Labute approximate surface area is 108 Å². The molecule has 2 aliphatic rings. The molecule has 1 saturated carbocycles. The Bertz CT molecular complexity index is 396. The van der Waals surface area contributed by atoms with E-state index in [4.69, 9.17) is 0 Å². The average Bonchev–Trinajstić information content (AvgIpc) is 3.24. The maximum Gasteiger partial charge on any atom is 0.224 e. The minimum atomic E-state index is 0.736. The zero-order valence-corrected chi connectivity index (χ0v) is 11.0. The summed E-state index contributed by atoms with van der Waals surface area (Å²) in [5.41, 5.74) is 0. The smallest absolute Gasteiger partial charge is 0.224 e. The van der Waals surface area contributed by atoms with Gasteiger partial charge in [-0.25, -0.2) is 4.98 Å². The number of hydrogen-bond acceptors (Lipinski definition) is 5. The van der Waals surface area contributed by atoms with Crippen LogP contribution in [0, 0.1) is 0 Å². The van der Waals surface area contributed by atoms with E-state index in [-0.39, 0.29) is 0 Å².